The molecule has 1 aromatic carbocycles. The van der Waals surface area contributed by atoms with E-state index >= 15 is 0 Å². The van der Waals surface area contributed by atoms with Crippen LogP contribution in [-0.2, 0) is 13.0 Å². The second kappa shape index (κ2) is 5.85. The van der Waals surface area contributed by atoms with Crippen LogP contribution in [0.15, 0.2) is 41.0 Å². The first kappa shape index (κ1) is 14.1. The largest absolute Gasteiger partial charge is 0.497 e. The van der Waals surface area contributed by atoms with Crippen molar-refractivity contribution in [3.63, 3.8) is 0 Å². The molecule has 0 bridgehead atoms. The third-order valence-electron chi connectivity index (χ3n) is 3.45. The smallest absolute Gasteiger partial charge is 0.161 e. The van der Waals surface area contributed by atoms with Crippen LogP contribution in [0.4, 0.5) is 0 Å². The predicted octanol–water partition coefficient (Wildman–Crippen LogP) is 3.81. The Morgan fingerprint density at radius 2 is 1.86 bits per heavy atom. The van der Waals surface area contributed by atoms with Crippen molar-refractivity contribution in [2.75, 3.05) is 7.11 Å². The molecular weight excluding hydrogens is 330 g/mol. The molecule has 0 fully saturated rings. The molecule has 0 radical (unpaired) electrons. The van der Waals surface area contributed by atoms with Gasteiger partial charge in [0.05, 0.1) is 13.7 Å². The maximum Gasteiger partial charge on any atom is 0.161 e. The van der Waals surface area contributed by atoms with Gasteiger partial charge in [0.2, 0.25) is 0 Å². The van der Waals surface area contributed by atoms with E-state index < -0.39 is 0 Å². The van der Waals surface area contributed by atoms with E-state index in [-0.39, 0.29) is 0 Å². The molecule has 0 aliphatic rings. The van der Waals surface area contributed by atoms with Gasteiger partial charge >= 0.3 is 0 Å². The van der Waals surface area contributed by atoms with Gasteiger partial charge in [-0.15, -0.1) is 0 Å². The molecule has 2 heterocycles. The zero-order valence-electron chi connectivity index (χ0n) is 12.0. The Morgan fingerprint density at radius 3 is 2.52 bits per heavy atom. The normalized spacial score (nSPS) is 11.0. The van der Waals surface area contributed by atoms with Crippen molar-refractivity contribution < 1.29 is 4.74 Å². The van der Waals surface area contributed by atoms with E-state index in [0.717, 1.165) is 40.3 Å². The van der Waals surface area contributed by atoms with E-state index in [4.69, 9.17) is 4.74 Å². The number of ether oxygens (including phenoxy) is 1. The third kappa shape index (κ3) is 2.78. The maximum atomic E-state index is 5.20. The minimum absolute atomic E-state index is 0.757. The molecule has 0 unspecified atom stereocenters. The number of imidazole rings is 1. The van der Waals surface area contributed by atoms with Crippen LogP contribution in [0.3, 0.4) is 0 Å². The first-order chi connectivity index (χ1) is 10.2. The molecule has 3 rings (SSSR count). The highest BCUT2D eigenvalue weighted by Gasteiger charge is 2.11. The standard InChI is InChI=1S/C16H16BrN3O/c1-3-15-18-13-8-9-14(17)19-16(13)20(15)10-11-4-6-12(21-2)7-5-11/h4-9H,3,10H2,1-2H3. The highest BCUT2D eigenvalue weighted by molar-refractivity contribution is 9.10. The predicted molar refractivity (Wildman–Crippen MR) is 86.7 cm³/mol. The molecule has 0 aliphatic heterocycles. The lowest BCUT2D eigenvalue weighted by Gasteiger charge is -2.08. The van der Waals surface area contributed by atoms with Crippen molar-refractivity contribution in [2.24, 2.45) is 0 Å². The molecule has 0 spiro atoms. The molecule has 4 nitrogen and oxygen atoms in total. The Hall–Kier alpha value is -1.88. The van der Waals surface area contributed by atoms with Gasteiger partial charge in [-0.1, -0.05) is 19.1 Å². The molecule has 0 aliphatic carbocycles. The molecule has 3 aromatic rings. The fourth-order valence-corrected chi connectivity index (χ4v) is 2.68. The van der Waals surface area contributed by atoms with Crippen molar-refractivity contribution in [3.05, 3.63) is 52.4 Å². The fourth-order valence-electron chi connectivity index (χ4n) is 2.38. The molecule has 0 amide bonds. The Balaban J connectivity index is 2.03. The Morgan fingerprint density at radius 1 is 1.10 bits per heavy atom. The van der Waals surface area contributed by atoms with Gasteiger partial charge < -0.3 is 9.30 Å². The van der Waals surface area contributed by atoms with Crippen molar-refractivity contribution in [1.29, 1.82) is 0 Å². The minimum Gasteiger partial charge on any atom is -0.497 e. The summed E-state index contributed by atoms with van der Waals surface area (Å²) in [6, 6.07) is 12.0. The molecule has 0 saturated carbocycles. The second-order valence-electron chi connectivity index (χ2n) is 4.79. The lowest BCUT2D eigenvalue weighted by molar-refractivity contribution is 0.414. The molecule has 0 N–H and O–H groups in total. The van der Waals surface area contributed by atoms with Crippen molar-refractivity contribution in [3.8, 4) is 5.75 Å². The van der Waals surface area contributed by atoms with Crippen LogP contribution < -0.4 is 4.74 Å². The monoisotopic (exact) mass is 345 g/mol. The number of hydrogen-bond donors (Lipinski definition) is 0. The van der Waals surface area contributed by atoms with E-state index in [1.165, 1.54) is 5.56 Å². The number of methoxy groups -OCH3 is 1. The molecule has 21 heavy (non-hydrogen) atoms. The summed E-state index contributed by atoms with van der Waals surface area (Å²) in [5.74, 6) is 1.91. The number of fused-ring (bicyclic) bond motifs is 1. The van der Waals surface area contributed by atoms with Gasteiger partial charge in [0.15, 0.2) is 5.65 Å². The average Bonchev–Trinajstić information content (AvgIpc) is 2.85. The van der Waals surface area contributed by atoms with Gasteiger partial charge in [-0.25, -0.2) is 9.97 Å². The number of halogens is 1. The number of aromatic nitrogens is 3. The number of hydrogen-bond acceptors (Lipinski definition) is 3. The summed E-state index contributed by atoms with van der Waals surface area (Å²) in [7, 11) is 1.68. The quantitative estimate of drug-likeness (QED) is 0.675. The number of benzene rings is 1. The van der Waals surface area contributed by atoms with Crippen LogP contribution in [0.5, 0.6) is 5.75 Å². The topological polar surface area (TPSA) is 39.9 Å². The Kier molecular flexibility index (Phi) is 3.92. The first-order valence-corrected chi connectivity index (χ1v) is 7.65. The van der Waals surface area contributed by atoms with Gasteiger partial charge in [0.1, 0.15) is 21.7 Å². The zero-order chi connectivity index (χ0) is 14.8. The number of rotatable bonds is 4. The summed E-state index contributed by atoms with van der Waals surface area (Å²) in [4.78, 5) is 9.22. The lowest BCUT2D eigenvalue weighted by Crippen LogP contribution is -2.05. The van der Waals surface area contributed by atoms with Gasteiger partial charge in [-0.05, 0) is 45.8 Å². The van der Waals surface area contributed by atoms with Crippen LogP contribution >= 0.6 is 15.9 Å². The summed E-state index contributed by atoms with van der Waals surface area (Å²) in [5.41, 5.74) is 3.05. The summed E-state index contributed by atoms with van der Waals surface area (Å²) >= 11 is 3.43. The van der Waals surface area contributed by atoms with Crippen LogP contribution in [0.1, 0.15) is 18.3 Å². The second-order valence-corrected chi connectivity index (χ2v) is 5.60. The summed E-state index contributed by atoms with van der Waals surface area (Å²) in [6.07, 6.45) is 0.879. The number of pyridine rings is 1. The molecule has 0 saturated heterocycles. The van der Waals surface area contributed by atoms with Gasteiger partial charge in [0.25, 0.3) is 0 Å². The van der Waals surface area contributed by atoms with Crippen LogP contribution in [0, 0.1) is 0 Å². The maximum absolute atomic E-state index is 5.20. The minimum atomic E-state index is 0.757. The van der Waals surface area contributed by atoms with Crippen molar-refractivity contribution in [1.82, 2.24) is 14.5 Å². The zero-order valence-corrected chi connectivity index (χ0v) is 13.6. The Bertz CT molecular complexity index is 765. The lowest BCUT2D eigenvalue weighted by atomic mass is 10.2. The number of nitrogens with zero attached hydrogens (tertiary/aromatic N) is 3. The molecule has 108 valence electrons. The summed E-state index contributed by atoms with van der Waals surface area (Å²) in [6.45, 7) is 2.87. The van der Waals surface area contributed by atoms with Crippen molar-refractivity contribution >= 4 is 27.1 Å². The van der Waals surface area contributed by atoms with E-state index in [0.29, 0.717) is 0 Å². The first-order valence-electron chi connectivity index (χ1n) is 6.86. The van der Waals surface area contributed by atoms with E-state index in [1.54, 1.807) is 7.11 Å². The van der Waals surface area contributed by atoms with Crippen molar-refractivity contribution in [2.45, 2.75) is 19.9 Å². The summed E-state index contributed by atoms with van der Waals surface area (Å²) < 4.78 is 8.19. The third-order valence-corrected chi connectivity index (χ3v) is 3.89. The van der Waals surface area contributed by atoms with Gasteiger partial charge in [0, 0.05) is 6.42 Å². The molecule has 5 heteroatoms. The highest BCUT2D eigenvalue weighted by Crippen LogP contribution is 2.20. The molecule has 0 atom stereocenters. The highest BCUT2D eigenvalue weighted by atomic mass is 79.9. The molecule has 2 aromatic heterocycles. The van der Waals surface area contributed by atoms with Crippen LogP contribution in [0.25, 0.3) is 11.2 Å². The van der Waals surface area contributed by atoms with Gasteiger partial charge in [-0.2, -0.15) is 0 Å². The Labute approximate surface area is 131 Å². The van der Waals surface area contributed by atoms with E-state index in [2.05, 4.69) is 49.5 Å². The SMILES string of the molecule is CCc1nc2ccc(Br)nc2n1Cc1ccc(OC)cc1. The van der Waals surface area contributed by atoms with Crippen LogP contribution in [0.2, 0.25) is 0 Å². The van der Waals surface area contributed by atoms with E-state index in [1.807, 2.05) is 24.3 Å². The fraction of sp³-hybridized carbons (Fsp3) is 0.250. The molecular formula is C16H16BrN3O. The summed E-state index contributed by atoms with van der Waals surface area (Å²) in [5, 5.41) is 0. The number of aryl methyl sites for hydroxylation is 1. The van der Waals surface area contributed by atoms with Crippen LogP contribution in [-0.4, -0.2) is 21.6 Å². The van der Waals surface area contributed by atoms with E-state index in [9.17, 15) is 0 Å². The average molecular weight is 346 g/mol. The van der Waals surface area contributed by atoms with Gasteiger partial charge in [-0.3, -0.25) is 0 Å².